The van der Waals surface area contributed by atoms with E-state index in [2.05, 4.69) is 33.2 Å². The Balaban J connectivity index is 1.92. The largest absolute Gasteiger partial charge is 0.350 e. The molecule has 1 aliphatic heterocycles. The molecule has 0 unspecified atom stereocenters. The molecule has 2 N–H and O–H groups in total. The number of carbonyl (C=O) groups is 1. The molecule has 0 bridgehead atoms. The highest BCUT2D eigenvalue weighted by molar-refractivity contribution is 7.08. The molecule has 2 heterocycles. The van der Waals surface area contributed by atoms with Crippen LogP contribution in [0.2, 0.25) is 0 Å². The molecule has 0 saturated carbocycles. The maximum absolute atomic E-state index is 12.4. The average molecular weight is 281 g/mol. The lowest BCUT2D eigenvalue weighted by molar-refractivity contribution is -0.132. The minimum absolute atomic E-state index is 0.111. The first kappa shape index (κ1) is 14.5. The van der Waals surface area contributed by atoms with Crippen molar-refractivity contribution in [2.24, 2.45) is 0 Å². The van der Waals surface area contributed by atoms with E-state index in [-0.39, 0.29) is 5.91 Å². The molecule has 0 spiro atoms. The van der Waals surface area contributed by atoms with E-state index in [4.69, 9.17) is 0 Å². The number of nitrogens with one attached hydrogen (secondary N) is 2. The second-order valence-corrected chi connectivity index (χ2v) is 6.30. The predicted molar refractivity (Wildman–Crippen MR) is 79.4 cm³/mol. The van der Waals surface area contributed by atoms with Crippen molar-refractivity contribution in [2.45, 2.75) is 32.9 Å². The van der Waals surface area contributed by atoms with Gasteiger partial charge in [-0.3, -0.25) is 9.69 Å². The maximum atomic E-state index is 12.4. The van der Waals surface area contributed by atoms with Gasteiger partial charge in [-0.2, -0.15) is 11.3 Å². The first-order chi connectivity index (χ1) is 9.01. The standard InChI is InChI=1S/C14H23N3OS/c1-11-9-19-10-12(11)8-16-13(18)14(2,3)17-6-4-15-5-7-17/h9-10,15H,4-8H2,1-3H3,(H,16,18). The van der Waals surface area contributed by atoms with Crippen LogP contribution in [0, 0.1) is 6.92 Å². The van der Waals surface area contributed by atoms with Crippen molar-refractivity contribution >= 4 is 17.2 Å². The molecule has 106 valence electrons. The Labute approximate surface area is 119 Å². The first-order valence-corrected chi connectivity index (χ1v) is 7.72. The topological polar surface area (TPSA) is 44.4 Å². The number of nitrogens with zero attached hydrogens (tertiary/aromatic N) is 1. The third-order valence-corrected chi connectivity index (χ3v) is 4.77. The lowest BCUT2D eigenvalue weighted by atomic mass is 10.0. The molecule has 1 aromatic heterocycles. The third kappa shape index (κ3) is 3.35. The molecule has 1 aliphatic rings. The van der Waals surface area contributed by atoms with E-state index < -0.39 is 5.54 Å². The lowest BCUT2D eigenvalue weighted by Gasteiger charge is -2.39. The summed E-state index contributed by atoms with van der Waals surface area (Å²) < 4.78 is 0. The van der Waals surface area contributed by atoms with Gasteiger partial charge in [0.2, 0.25) is 5.91 Å². The van der Waals surface area contributed by atoms with Crippen LogP contribution in [0.5, 0.6) is 0 Å². The van der Waals surface area contributed by atoms with E-state index in [0.717, 1.165) is 26.2 Å². The number of carbonyl (C=O) groups excluding carboxylic acids is 1. The SMILES string of the molecule is Cc1cscc1CNC(=O)C(C)(C)N1CCNCC1. The summed E-state index contributed by atoms with van der Waals surface area (Å²) in [4.78, 5) is 14.7. The van der Waals surface area contributed by atoms with Crippen LogP contribution in [0.15, 0.2) is 10.8 Å². The number of amides is 1. The average Bonchev–Trinajstić information content (AvgIpc) is 2.82. The number of aryl methyl sites for hydroxylation is 1. The van der Waals surface area contributed by atoms with Crippen LogP contribution in [0.3, 0.4) is 0 Å². The number of hydrogen-bond acceptors (Lipinski definition) is 4. The van der Waals surface area contributed by atoms with Crippen LogP contribution in [-0.2, 0) is 11.3 Å². The summed E-state index contributed by atoms with van der Waals surface area (Å²) in [6, 6.07) is 0. The van der Waals surface area contributed by atoms with Gasteiger partial charge in [0.25, 0.3) is 0 Å². The van der Waals surface area contributed by atoms with Gasteiger partial charge in [0, 0.05) is 32.7 Å². The van der Waals surface area contributed by atoms with E-state index in [9.17, 15) is 4.79 Å². The van der Waals surface area contributed by atoms with Gasteiger partial charge >= 0.3 is 0 Å². The van der Waals surface area contributed by atoms with Gasteiger partial charge in [-0.15, -0.1) is 0 Å². The summed E-state index contributed by atoms with van der Waals surface area (Å²) in [5.41, 5.74) is 2.03. The van der Waals surface area contributed by atoms with E-state index >= 15 is 0 Å². The summed E-state index contributed by atoms with van der Waals surface area (Å²) in [5.74, 6) is 0.111. The lowest BCUT2D eigenvalue weighted by Crippen LogP contribution is -2.59. The highest BCUT2D eigenvalue weighted by Crippen LogP contribution is 2.17. The molecule has 1 aromatic rings. The molecule has 5 heteroatoms. The van der Waals surface area contributed by atoms with Crippen molar-refractivity contribution in [3.05, 3.63) is 21.9 Å². The predicted octanol–water partition coefficient (Wildman–Crippen LogP) is 1.36. The molecule has 1 saturated heterocycles. The Kier molecular flexibility index (Phi) is 4.60. The minimum Gasteiger partial charge on any atom is -0.350 e. The summed E-state index contributed by atoms with van der Waals surface area (Å²) in [6.45, 7) is 10.5. The van der Waals surface area contributed by atoms with Crippen molar-refractivity contribution in [3.8, 4) is 0 Å². The van der Waals surface area contributed by atoms with Crippen molar-refractivity contribution in [1.29, 1.82) is 0 Å². The molecule has 1 amide bonds. The van der Waals surface area contributed by atoms with Gasteiger partial charge in [0.05, 0.1) is 5.54 Å². The molecule has 0 aromatic carbocycles. The van der Waals surface area contributed by atoms with Crippen LogP contribution < -0.4 is 10.6 Å². The van der Waals surface area contributed by atoms with Gasteiger partial charge in [-0.25, -0.2) is 0 Å². The van der Waals surface area contributed by atoms with E-state index in [1.54, 1.807) is 11.3 Å². The van der Waals surface area contributed by atoms with Crippen LogP contribution >= 0.6 is 11.3 Å². The monoisotopic (exact) mass is 281 g/mol. The Morgan fingerprint density at radius 2 is 2.11 bits per heavy atom. The second kappa shape index (κ2) is 6.03. The van der Waals surface area contributed by atoms with Crippen molar-refractivity contribution in [3.63, 3.8) is 0 Å². The first-order valence-electron chi connectivity index (χ1n) is 6.77. The summed E-state index contributed by atoms with van der Waals surface area (Å²) >= 11 is 1.68. The molecule has 0 radical (unpaired) electrons. The summed E-state index contributed by atoms with van der Waals surface area (Å²) in [7, 11) is 0. The second-order valence-electron chi connectivity index (χ2n) is 5.56. The highest BCUT2D eigenvalue weighted by atomic mass is 32.1. The van der Waals surface area contributed by atoms with Crippen LogP contribution in [0.1, 0.15) is 25.0 Å². The van der Waals surface area contributed by atoms with Gasteiger partial charge in [-0.05, 0) is 42.7 Å². The quantitative estimate of drug-likeness (QED) is 0.876. The normalized spacial score (nSPS) is 17.4. The Hall–Kier alpha value is -0.910. The molecule has 0 atom stereocenters. The molecule has 2 rings (SSSR count). The van der Waals surface area contributed by atoms with Gasteiger partial charge in [0.15, 0.2) is 0 Å². The van der Waals surface area contributed by atoms with Crippen LogP contribution in [-0.4, -0.2) is 42.5 Å². The van der Waals surface area contributed by atoms with Gasteiger partial charge in [0.1, 0.15) is 0 Å². The Bertz CT molecular complexity index is 436. The maximum Gasteiger partial charge on any atom is 0.240 e. The fourth-order valence-corrected chi connectivity index (χ4v) is 3.18. The van der Waals surface area contributed by atoms with E-state index in [0.29, 0.717) is 6.54 Å². The van der Waals surface area contributed by atoms with Crippen molar-refractivity contribution in [1.82, 2.24) is 15.5 Å². The molecule has 1 fully saturated rings. The number of hydrogen-bond donors (Lipinski definition) is 2. The fourth-order valence-electron chi connectivity index (χ4n) is 2.33. The van der Waals surface area contributed by atoms with E-state index in [1.165, 1.54) is 11.1 Å². The molecule has 4 nitrogen and oxygen atoms in total. The Morgan fingerprint density at radius 3 is 2.68 bits per heavy atom. The third-order valence-electron chi connectivity index (χ3n) is 3.86. The number of thiophene rings is 1. The molecule has 0 aliphatic carbocycles. The number of rotatable bonds is 4. The zero-order valence-electron chi connectivity index (χ0n) is 12.0. The highest BCUT2D eigenvalue weighted by Gasteiger charge is 2.34. The van der Waals surface area contributed by atoms with Crippen molar-refractivity contribution < 1.29 is 4.79 Å². The van der Waals surface area contributed by atoms with E-state index in [1.807, 2.05) is 13.8 Å². The zero-order chi connectivity index (χ0) is 13.9. The summed E-state index contributed by atoms with van der Waals surface area (Å²) in [5, 5.41) is 10.6. The molecular weight excluding hydrogens is 258 g/mol. The van der Waals surface area contributed by atoms with Gasteiger partial charge < -0.3 is 10.6 Å². The van der Waals surface area contributed by atoms with Crippen LogP contribution in [0.4, 0.5) is 0 Å². The molecular formula is C14H23N3OS. The number of piperazine rings is 1. The van der Waals surface area contributed by atoms with Gasteiger partial charge in [-0.1, -0.05) is 0 Å². The summed E-state index contributed by atoms with van der Waals surface area (Å²) in [6.07, 6.45) is 0. The smallest absolute Gasteiger partial charge is 0.240 e. The van der Waals surface area contributed by atoms with Crippen molar-refractivity contribution in [2.75, 3.05) is 26.2 Å². The van der Waals surface area contributed by atoms with Crippen LogP contribution in [0.25, 0.3) is 0 Å². The fraction of sp³-hybridized carbons (Fsp3) is 0.643. The Morgan fingerprint density at radius 1 is 1.42 bits per heavy atom. The zero-order valence-corrected chi connectivity index (χ0v) is 12.8. The minimum atomic E-state index is -0.438. The molecule has 19 heavy (non-hydrogen) atoms.